The Morgan fingerprint density at radius 3 is 1.35 bits per heavy atom. The van der Waals surface area contributed by atoms with Gasteiger partial charge < -0.3 is 13.7 Å². The molecule has 0 aliphatic carbocycles. The van der Waals surface area contributed by atoms with Crippen LogP contribution in [0, 0.1) is 22.7 Å². The van der Waals surface area contributed by atoms with Crippen LogP contribution in [0.1, 0.15) is 11.1 Å². The molecule has 0 aliphatic heterocycles. The van der Waals surface area contributed by atoms with Crippen molar-refractivity contribution in [2.75, 3.05) is 0 Å². The lowest BCUT2D eigenvalue weighted by molar-refractivity contribution is 1.15. The molecule has 0 fully saturated rings. The first kappa shape index (κ1) is 30.7. The van der Waals surface area contributed by atoms with Crippen LogP contribution in [0.2, 0.25) is 0 Å². The maximum absolute atomic E-state index is 10.5. The molecule has 5 heteroatoms. The average Bonchev–Trinajstić information content (AvgIpc) is 3.88. The number of hydrogen-bond donors (Lipinski definition) is 0. The van der Waals surface area contributed by atoms with E-state index in [0.29, 0.717) is 11.1 Å². The lowest BCUT2D eigenvalue weighted by atomic mass is 10.0. The summed E-state index contributed by atoms with van der Waals surface area (Å²) in [5.74, 6) is 0. The first-order chi connectivity index (χ1) is 27.2. The molecular weight excluding hydrogens is 671 g/mol. The van der Waals surface area contributed by atoms with E-state index in [4.69, 9.17) is 0 Å². The Balaban J connectivity index is 1.09. The fourth-order valence-electron chi connectivity index (χ4n) is 8.67. The van der Waals surface area contributed by atoms with Crippen LogP contribution in [-0.4, -0.2) is 13.7 Å². The fraction of sp³-hybridized carbons (Fsp3) is 0. The van der Waals surface area contributed by atoms with Crippen molar-refractivity contribution >= 4 is 65.4 Å². The minimum atomic E-state index is 0.601. The largest absolute Gasteiger partial charge is 0.309 e. The molecule has 0 N–H and O–H groups in total. The number of benzene rings is 8. The van der Waals surface area contributed by atoms with Gasteiger partial charge in [-0.05, 0) is 83.9 Å². The van der Waals surface area contributed by atoms with Gasteiger partial charge in [-0.15, -0.1) is 0 Å². The van der Waals surface area contributed by atoms with Crippen LogP contribution < -0.4 is 0 Å². The van der Waals surface area contributed by atoms with Crippen LogP contribution in [-0.2, 0) is 0 Å². The van der Waals surface area contributed by atoms with Crippen LogP contribution in [0.15, 0.2) is 176 Å². The van der Waals surface area contributed by atoms with Crippen molar-refractivity contribution in [3.8, 4) is 40.3 Å². The Morgan fingerprint density at radius 1 is 0.327 bits per heavy atom. The first-order valence-electron chi connectivity index (χ1n) is 18.3. The number of aromatic nitrogens is 3. The number of hydrogen-bond acceptors (Lipinski definition) is 2. The normalized spacial score (nSPS) is 11.6. The summed E-state index contributed by atoms with van der Waals surface area (Å²) in [6.07, 6.45) is 0. The van der Waals surface area contributed by atoms with Gasteiger partial charge in [-0.2, -0.15) is 10.5 Å². The van der Waals surface area contributed by atoms with Crippen molar-refractivity contribution < 1.29 is 0 Å². The lowest BCUT2D eigenvalue weighted by Gasteiger charge is -2.14. The third kappa shape index (κ3) is 4.51. The molecule has 55 heavy (non-hydrogen) atoms. The van der Waals surface area contributed by atoms with E-state index in [1.807, 2.05) is 30.3 Å². The molecule has 11 aromatic rings. The van der Waals surface area contributed by atoms with Crippen molar-refractivity contribution in [1.82, 2.24) is 13.7 Å². The van der Waals surface area contributed by atoms with Crippen LogP contribution in [0.25, 0.3) is 93.6 Å². The molecule has 11 rings (SSSR count). The highest BCUT2D eigenvalue weighted by Gasteiger charge is 2.19. The topological polar surface area (TPSA) is 62.4 Å². The second-order valence-corrected chi connectivity index (χ2v) is 14.0. The molecular formula is C50H29N5. The zero-order valence-electron chi connectivity index (χ0n) is 29.5. The van der Waals surface area contributed by atoms with Crippen molar-refractivity contribution in [1.29, 1.82) is 10.5 Å². The zero-order chi connectivity index (χ0) is 36.6. The molecule has 0 atom stereocenters. The molecule has 0 spiro atoms. The van der Waals surface area contributed by atoms with E-state index in [1.165, 1.54) is 10.8 Å². The highest BCUT2D eigenvalue weighted by molar-refractivity contribution is 6.12. The Kier molecular flexibility index (Phi) is 6.61. The maximum atomic E-state index is 10.5. The lowest BCUT2D eigenvalue weighted by Crippen LogP contribution is -2.00. The SMILES string of the molecule is N#Cc1ccc2c3ccccc3n(-c3ccc(-c4ccc(C#N)c(-n5c6ccccc6c6ccc(-n7c8ccccc8c8ccccc87)cc65)c4)cc3)c2c1. The molecule has 0 amide bonds. The van der Waals surface area contributed by atoms with E-state index in [-0.39, 0.29) is 0 Å². The van der Waals surface area contributed by atoms with Crippen LogP contribution in [0.3, 0.4) is 0 Å². The van der Waals surface area contributed by atoms with E-state index in [9.17, 15) is 10.5 Å². The molecule has 0 unspecified atom stereocenters. The van der Waals surface area contributed by atoms with Crippen molar-refractivity contribution in [2.45, 2.75) is 0 Å². The summed E-state index contributed by atoms with van der Waals surface area (Å²) in [6, 6.07) is 66.0. The Morgan fingerprint density at radius 2 is 0.782 bits per heavy atom. The number of nitrogens with zero attached hydrogens (tertiary/aromatic N) is 5. The summed E-state index contributed by atoms with van der Waals surface area (Å²) in [4.78, 5) is 0. The van der Waals surface area contributed by atoms with Gasteiger partial charge in [-0.1, -0.05) is 103 Å². The molecule has 8 aromatic carbocycles. The highest BCUT2D eigenvalue weighted by Crippen LogP contribution is 2.39. The number of nitriles is 2. The standard InChI is InChI=1S/C50H29N5/c51-30-32-17-25-42-40-11-3-5-13-44(40)53(49(42)27-32)36-22-20-33(21-23-36)34-18-19-35(31-52)48(28-34)55-47-16-8-4-12-41(47)43-26-24-37(29-50(43)55)54-45-14-6-1-9-38(45)39-10-2-7-15-46(39)54/h1-29H. The van der Waals surface area contributed by atoms with Gasteiger partial charge in [0.15, 0.2) is 0 Å². The molecule has 0 saturated carbocycles. The smallest absolute Gasteiger partial charge is 0.101 e. The van der Waals surface area contributed by atoms with E-state index in [2.05, 4.69) is 171 Å². The molecule has 0 radical (unpaired) electrons. The predicted molar refractivity (Wildman–Crippen MR) is 224 cm³/mol. The zero-order valence-corrected chi connectivity index (χ0v) is 29.5. The van der Waals surface area contributed by atoms with Crippen molar-refractivity contribution in [3.05, 3.63) is 187 Å². The van der Waals surface area contributed by atoms with Gasteiger partial charge >= 0.3 is 0 Å². The Bertz CT molecular complexity index is 3400. The molecule has 3 heterocycles. The summed E-state index contributed by atoms with van der Waals surface area (Å²) in [7, 11) is 0. The monoisotopic (exact) mass is 699 g/mol. The van der Waals surface area contributed by atoms with Crippen molar-refractivity contribution in [3.63, 3.8) is 0 Å². The summed E-state index contributed by atoms with van der Waals surface area (Å²) in [5.41, 5.74) is 12.7. The van der Waals surface area contributed by atoms with Gasteiger partial charge in [-0.3, -0.25) is 0 Å². The summed E-state index contributed by atoms with van der Waals surface area (Å²) >= 11 is 0. The van der Waals surface area contributed by atoms with E-state index < -0.39 is 0 Å². The first-order valence-corrected chi connectivity index (χ1v) is 18.3. The van der Waals surface area contributed by atoms with E-state index >= 15 is 0 Å². The Hall–Kier alpha value is -7.86. The highest BCUT2D eigenvalue weighted by atomic mass is 15.0. The molecule has 5 nitrogen and oxygen atoms in total. The number of rotatable bonds is 4. The van der Waals surface area contributed by atoms with Crippen LogP contribution in [0.4, 0.5) is 0 Å². The summed E-state index contributed by atoms with van der Waals surface area (Å²) in [5, 5.41) is 27.2. The Labute approximate surface area is 316 Å². The third-order valence-corrected chi connectivity index (χ3v) is 11.1. The second-order valence-electron chi connectivity index (χ2n) is 14.0. The van der Waals surface area contributed by atoms with Gasteiger partial charge in [0, 0.05) is 43.7 Å². The van der Waals surface area contributed by atoms with Gasteiger partial charge in [-0.25, -0.2) is 0 Å². The van der Waals surface area contributed by atoms with E-state index in [0.717, 1.165) is 82.8 Å². The van der Waals surface area contributed by atoms with Gasteiger partial charge in [0.25, 0.3) is 0 Å². The minimum Gasteiger partial charge on any atom is -0.309 e. The van der Waals surface area contributed by atoms with Crippen LogP contribution >= 0.6 is 0 Å². The van der Waals surface area contributed by atoms with Gasteiger partial charge in [0.1, 0.15) is 6.07 Å². The van der Waals surface area contributed by atoms with E-state index in [1.54, 1.807) is 0 Å². The number of para-hydroxylation sites is 4. The van der Waals surface area contributed by atoms with Gasteiger partial charge in [0.2, 0.25) is 0 Å². The average molecular weight is 700 g/mol. The summed E-state index contributed by atoms with van der Waals surface area (Å²) in [6.45, 7) is 0. The quantitative estimate of drug-likeness (QED) is 0.184. The maximum Gasteiger partial charge on any atom is 0.101 e. The van der Waals surface area contributed by atoms with Crippen LogP contribution in [0.5, 0.6) is 0 Å². The summed E-state index contributed by atoms with van der Waals surface area (Å²) < 4.78 is 6.82. The molecule has 254 valence electrons. The van der Waals surface area contributed by atoms with Gasteiger partial charge in [0.05, 0.1) is 56.0 Å². The molecule has 0 aliphatic rings. The molecule has 0 saturated heterocycles. The second kappa shape index (κ2) is 11.8. The predicted octanol–water partition coefficient (Wildman–Crippen LogP) is 12.4. The molecule has 3 aromatic heterocycles. The minimum absolute atomic E-state index is 0.601. The molecule has 0 bridgehead atoms. The number of fused-ring (bicyclic) bond motifs is 9. The third-order valence-electron chi connectivity index (χ3n) is 11.1. The van der Waals surface area contributed by atoms with Crippen molar-refractivity contribution in [2.24, 2.45) is 0 Å². The fourth-order valence-corrected chi connectivity index (χ4v) is 8.67.